The number of piperidine rings is 1. The highest BCUT2D eigenvalue weighted by atomic mass is 16.7. The largest absolute Gasteiger partial charge is 0.445 e. The number of ether oxygens (including phenoxy) is 3. The van der Waals surface area contributed by atoms with Crippen LogP contribution in [0.15, 0.2) is 30.3 Å². The van der Waals surface area contributed by atoms with E-state index in [1.807, 2.05) is 30.3 Å². The first-order chi connectivity index (χ1) is 13.6. The first-order valence-corrected chi connectivity index (χ1v) is 10.3. The van der Waals surface area contributed by atoms with E-state index < -0.39 is 5.79 Å². The van der Waals surface area contributed by atoms with Gasteiger partial charge < -0.3 is 29.5 Å². The molecule has 1 amide bonds. The van der Waals surface area contributed by atoms with Crippen molar-refractivity contribution in [2.24, 2.45) is 0 Å². The molecule has 2 atom stereocenters. The van der Waals surface area contributed by atoms with Gasteiger partial charge in [-0.2, -0.15) is 0 Å². The van der Waals surface area contributed by atoms with Crippen LogP contribution in [0.1, 0.15) is 37.7 Å². The van der Waals surface area contributed by atoms with Crippen LogP contribution in [0.4, 0.5) is 4.79 Å². The lowest BCUT2D eigenvalue weighted by Gasteiger charge is -2.42. The predicted octanol–water partition coefficient (Wildman–Crippen LogP) is 2.03. The predicted molar refractivity (Wildman–Crippen MR) is 103 cm³/mol. The first kappa shape index (κ1) is 19.6. The fraction of sp³-hybridized carbons (Fsp3) is 0.667. The van der Waals surface area contributed by atoms with Gasteiger partial charge in [0.25, 0.3) is 0 Å². The zero-order valence-electron chi connectivity index (χ0n) is 16.2. The summed E-state index contributed by atoms with van der Waals surface area (Å²) < 4.78 is 17.1. The van der Waals surface area contributed by atoms with Crippen LogP contribution in [-0.4, -0.2) is 66.4 Å². The Balaban J connectivity index is 1.22. The molecule has 1 spiro atoms. The molecular formula is C21H30N2O5. The minimum Gasteiger partial charge on any atom is -0.445 e. The maximum absolute atomic E-state index is 12.3. The molecular weight excluding hydrogens is 360 g/mol. The van der Waals surface area contributed by atoms with E-state index in [2.05, 4.69) is 5.32 Å². The second-order valence-corrected chi connectivity index (χ2v) is 7.99. The van der Waals surface area contributed by atoms with E-state index in [4.69, 9.17) is 14.2 Å². The van der Waals surface area contributed by atoms with E-state index in [-0.39, 0.29) is 24.3 Å². The van der Waals surface area contributed by atoms with Gasteiger partial charge in [0, 0.05) is 38.0 Å². The zero-order valence-corrected chi connectivity index (χ0v) is 16.2. The second-order valence-electron chi connectivity index (χ2n) is 7.99. The van der Waals surface area contributed by atoms with Crippen LogP contribution < -0.4 is 5.32 Å². The summed E-state index contributed by atoms with van der Waals surface area (Å²) in [6.07, 6.45) is 3.16. The van der Waals surface area contributed by atoms with Gasteiger partial charge in [0.2, 0.25) is 0 Å². The third-order valence-electron chi connectivity index (χ3n) is 6.04. The number of hydrogen-bond donors (Lipinski definition) is 2. The molecule has 2 N–H and O–H groups in total. The molecule has 7 nitrogen and oxygen atoms in total. The molecule has 3 aliphatic rings. The molecule has 154 valence electrons. The van der Waals surface area contributed by atoms with E-state index in [0.29, 0.717) is 45.8 Å². The topological polar surface area (TPSA) is 80.3 Å². The number of carbonyl (C=O) groups excluding carboxylic acids is 1. The number of nitrogens with one attached hydrogen (secondary N) is 1. The average Bonchev–Trinajstić information content (AvgIpc) is 3.18. The van der Waals surface area contributed by atoms with Gasteiger partial charge in [-0.15, -0.1) is 0 Å². The standard InChI is InChI=1S/C21H30N2O5/c24-19-6-9-21(27-12-13-28-21)14-18(19)22-17-7-10-23(11-8-17)20(25)26-15-16-4-2-1-3-5-16/h1-5,17-19,22,24H,6-15H2/t18-,19-/m1/s1. The maximum Gasteiger partial charge on any atom is 0.410 e. The third kappa shape index (κ3) is 4.66. The van der Waals surface area contributed by atoms with Crippen molar-refractivity contribution in [1.82, 2.24) is 10.2 Å². The highest BCUT2D eigenvalue weighted by Crippen LogP contribution is 2.36. The molecule has 7 heteroatoms. The molecule has 2 saturated heterocycles. The number of amides is 1. The Morgan fingerprint density at radius 3 is 2.61 bits per heavy atom. The lowest BCUT2D eigenvalue weighted by molar-refractivity contribution is -0.195. The molecule has 0 bridgehead atoms. The van der Waals surface area contributed by atoms with Gasteiger partial charge in [0.15, 0.2) is 5.79 Å². The number of nitrogens with zero attached hydrogens (tertiary/aromatic N) is 1. The minimum absolute atomic E-state index is 0.0339. The lowest BCUT2D eigenvalue weighted by Crippen LogP contribution is -2.56. The van der Waals surface area contributed by atoms with Crippen LogP contribution in [0.2, 0.25) is 0 Å². The molecule has 0 unspecified atom stereocenters. The van der Waals surface area contributed by atoms with Crippen molar-refractivity contribution in [1.29, 1.82) is 0 Å². The molecule has 2 aliphatic heterocycles. The van der Waals surface area contributed by atoms with Gasteiger partial charge in [-0.1, -0.05) is 30.3 Å². The van der Waals surface area contributed by atoms with E-state index in [0.717, 1.165) is 24.8 Å². The SMILES string of the molecule is O=C(OCc1ccccc1)N1CCC(N[C@@H]2CC3(CC[C@H]2O)OCCO3)CC1. The smallest absolute Gasteiger partial charge is 0.410 e. The molecule has 0 radical (unpaired) electrons. The van der Waals surface area contributed by atoms with Gasteiger partial charge in [0.1, 0.15) is 6.61 Å². The van der Waals surface area contributed by atoms with Crippen molar-refractivity contribution in [3.05, 3.63) is 35.9 Å². The Bertz CT molecular complexity index is 641. The van der Waals surface area contributed by atoms with Gasteiger partial charge in [-0.25, -0.2) is 4.79 Å². The number of aliphatic hydroxyl groups excluding tert-OH is 1. The van der Waals surface area contributed by atoms with Crippen molar-refractivity contribution in [2.75, 3.05) is 26.3 Å². The number of benzene rings is 1. The van der Waals surface area contributed by atoms with Crippen molar-refractivity contribution >= 4 is 6.09 Å². The fourth-order valence-corrected chi connectivity index (χ4v) is 4.41. The fourth-order valence-electron chi connectivity index (χ4n) is 4.41. The molecule has 1 saturated carbocycles. The summed E-state index contributed by atoms with van der Waals surface area (Å²) in [6.45, 7) is 2.88. The summed E-state index contributed by atoms with van der Waals surface area (Å²) in [4.78, 5) is 14.1. The first-order valence-electron chi connectivity index (χ1n) is 10.3. The van der Waals surface area contributed by atoms with Crippen LogP contribution in [-0.2, 0) is 20.8 Å². The Kier molecular flexibility index (Phi) is 6.16. The van der Waals surface area contributed by atoms with Crippen molar-refractivity contribution < 1.29 is 24.1 Å². The van der Waals surface area contributed by atoms with Crippen LogP contribution in [0.3, 0.4) is 0 Å². The summed E-state index contributed by atoms with van der Waals surface area (Å²) in [6, 6.07) is 9.95. The Morgan fingerprint density at radius 2 is 1.89 bits per heavy atom. The number of carbonyl (C=O) groups is 1. The summed E-state index contributed by atoms with van der Waals surface area (Å²) in [7, 11) is 0. The Hall–Kier alpha value is -1.67. The number of hydrogen-bond acceptors (Lipinski definition) is 6. The molecule has 0 aromatic heterocycles. The summed E-state index contributed by atoms with van der Waals surface area (Å²) in [5.41, 5.74) is 0.990. The molecule has 3 fully saturated rings. The lowest BCUT2D eigenvalue weighted by atomic mass is 9.86. The number of aliphatic hydroxyl groups is 1. The van der Waals surface area contributed by atoms with Gasteiger partial charge in [0.05, 0.1) is 19.3 Å². The van der Waals surface area contributed by atoms with Gasteiger partial charge >= 0.3 is 6.09 Å². The summed E-state index contributed by atoms with van der Waals surface area (Å²) in [5, 5.41) is 14.0. The summed E-state index contributed by atoms with van der Waals surface area (Å²) in [5.74, 6) is -0.515. The molecule has 1 aromatic rings. The average molecular weight is 390 g/mol. The molecule has 1 aliphatic carbocycles. The molecule has 4 rings (SSSR count). The van der Waals surface area contributed by atoms with Crippen molar-refractivity contribution in [3.63, 3.8) is 0 Å². The highest BCUT2D eigenvalue weighted by molar-refractivity contribution is 5.67. The zero-order chi connectivity index (χ0) is 19.4. The van der Waals surface area contributed by atoms with E-state index >= 15 is 0 Å². The highest BCUT2D eigenvalue weighted by Gasteiger charge is 2.45. The minimum atomic E-state index is -0.515. The number of rotatable bonds is 4. The molecule has 28 heavy (non-hydrogen) atoms. The quantitative estimate of drug-likeness (QED) is 0.819. The molecule has 2 heterocycles. The summed E-state index contributed by atoms with van der Waals surface area (Å²) >= 11 is 0. The van der Waals surface area contributed by atoms with Crippen LogP contribution in [0.5, 0.6) is 0 Å². The second kappa shape index (κ2) is 8.78. The molecule has 1 aromatic carbocycles. The van der Waals surface area contributed by atoms with Gasteiger partial charge in [-0.3, -0.25) is 0 Å². The Morgan fingerprint density at radius 1 is 1.18 bits per heavy atom. The van der Waals surface area contributed by atoms with E-state index in [1.54, 1.807) is 4.90 Å². The maximum atomic E-state index is 12.3. The van der Waals surface area contributed by atoms with E-state index in [9.17, 15) is 9.90 Å². The van der Waals surface area contributed by atoms with Crippen molar-refractivity contribution in [3.8, 4) is 0 Å². The van der Waals surface area contributed by atoms with Crippen LogP contribution in [0, 0.1) is 0 Å². The third-order valence-corrected chi connectivity index (χ3v) is 6.04. The monoisotopic (exact) mass is 390 g/mol. The van der Waals surface area contributed by atoms with Crippen LogP contribution in [0.25, 0.3) is 0 Å². The van der Waals surface area contributed by atoms with Crippen molar-refractivity contribution in [2.45, 2.75) is 62.7 Å². The Labute approximate surface area is 165 Å². The van der Waals surface area contributed by atoms with Gasteiger partial charge in [-0.05, 0) is 24.8 Å². The number of likely N-dealkylation sites (tertiary alicyclic amines) is 1. The normalized spacial score (nSPS) is 27.8. The van der Waals surface area contributed by atoms with E-state index in [1.165, 1.54) is 0 Å². The van der Waals surface area contributed by atoms with Crippen LogP contribution >= 0.6 is 0 Å².